The molecule has 2 atom stereocenters. The van der Waals surface area contributed by atoms with Crippen LogP contribution in [0, 0.1) is 6.92 Å². The van der Waals surface area contributed by atoms with E-state index in [-0.39, 0.29) is 12.1 Å². The Labute approximate surface area is 148 Å². The quantitative estimate of drug-likeness (QED) is 0.770. The highest BCUT2D eigenvalue weighted by Gasteiger charge is 2.37. The third-order valence-corrected chi connectivity index (χ3v) is 6.51. The highest BCUT2D eigenvalue weighted by molar-refractivity contribution is 7.89. The number of nitrogens with one attached hydrogen (secondary N) is 2. The lowest BCUT2D eigenvalue weighted by Gasteiger charge is -2.27. The molecule has 3 rings (SSSR count). The Balaban J connectivity index is 1.83. The lowest BCUT2D eigenvalue weighted by molar-refractivity contribution is 0.326. The predicted octanol–water partition coefficient (Wildman–Crippen LogP) is 1.40. The van der Waals surface area contributed by atoms with Crippen molar-refractivity contribution in [2.24, 2.45) is 0 Å². The summed E-state index contributed by atoms with van der Waals surface area (Å²) in [7, 11) is -3.54. The molecular weight excluding hydrogens is 340 g/mol. The van der Waals surface area contributed by atoms with Crippen molar-refractivity contribution in [3.05, 3.63) is 35.7 Å². The number of sulfonamides is 1. The number of hydrogen-bond acceptors (Lipinski definition) is 6. The number of rotatable bonds is 7. The van der Waals surface area contributed by atoms with Gasteiger partial charge in [-0.1, -0.05) is 36.3 Å². The molecule has 0 amide bonds. The molecule has 2 aromatic rings. The number of aromatic nitrogens is 4. The Morgan fingerprint density at radius 2 is 2.04 bits per heavy atom. The van der Waals surface area contributed by atoms with Gasteiger partial charge in [0, 0.05) is 19.1 Å². The second kappa shape index (κ2) is 7.59. The van der Waals surface area contributed by atoms with E-state index in [1.54, 1.807) is 16.4 Å². The second-order valence-corrected chi connectivity index (χ2v) is 8.29. The van der Waals surface area contributed by atoms with Gasteiger partial charge in [0.2, 0.25) is 10.0 Å². The van der Waals surface area contributed by atoms with E-state index in [4.69, 9.17) is 0 Å². The molecule has 0 unspecified atom stereocenters. The molecule has 9 heteroatoms. The Morgan fingerprint density at radius 1 is 1.28 bits per heavy atom. The van der Waals surface area contributed by atoms with Crippen LogP contribution < -0.4 is 5.32 Å². The summed E-state index contributed by atoms with van der Waals surface area (Å²) in [5.74, 6) is 0.575. The summed E-state index contributed by atoms with van der Waals surface area (Å²) in [6.07, 6.45) is 2.40. The van der Waals surface area contributed by atoms with Crippen molar-refractivity contribution in [2.45, 2.75) is 50.1 Å². The molecule has 2 heterocycles. The number of tetrazole rings is 1. The van der Waals surface area contributed by atoms with Gasteiger partial charge in [-0.2, -0.15) is 9.52 Å². The molecule has 136 valence electrons. The van der Waals surface area contributed by atoms with E-state index in [2.05, 4.69) is 32.9 Å². The van der Waals surface area contributed by atoms with Gasteiger partial charge in [0.05, 0.1) is 10.9 Å². The van der Waals surface area contributed by atoms with E-state index >= 15 is 0 Å². The number of aromatic amines is 1. The van der Waals surface area contributed by atoms with Crippen LogP contribution >= 0.6 is 0 Å². The highest BCUT2D eigenvalue weighted by Crippen LogP contribution is 2.28. The molecule has 1 saturated heterocycles. The summed E-state index contributed by atoms with van der Waals surface area (Å²) in [5, 5.41) is 17.3. The SMILES string of the molecule is CCCCN([C@@H]1CN[C@@H](c2nn[nH]n2)C1)S(=O)(=O)c1ccc(C)cc1. The molecule has 8 nitrogen and oxygen atoms in total. The Morgan fingerprint density at radius 3 is 2.68 bits per heavy atom. The summed E-state index contributed by atoms with van der Waals surface area (Å²) in [4.78, 5) is 0.345. The Kier molecular flexibility index (Phi) is 5.45. The van der Waals surface area contributed by atoms with Gasteiger partial charge in [-0.15, -0.1) is 10.2 Å². The van der Waals surface area contributed by atoms with Gasteiger partial charge in [-0.25, -0.2) is 8.42 Å². The molecule has 1 aromatic carbocycles. The number of nitrogens with zero attached hydrogens (tertiary/aromatic N) is 4. The third-order valence-electron chi connectivity index (χ3n) is 4.55. The van der Waals surface area contributed by atoms with Crippen LogP contribution in [-0.4, -0.2) is 52.5 Å². The third kappa shape index (κ3) is 3.88. The number of unbranched alkanes of at least 4 members (excludes halogenated alkanes) is 1. The molecule has 1 fully saturated rings. The van der Waals surface area contributed by atoms with Gasteiger partial charge in [0.15, 0.2) is 5.82 Å². The first kappa shape index (κ1) is 18.0. The van der Waals surface area contributed by atoms with Crippen LogP contribution in [0.3, 0.4) is 0 Å². The zero-order valence-corrected chi connectivity index (χ0v) is 15.3. The minimum Gasteiger partial charge on any atom is -0.306 e. The topological polar surface area (TPSA) is 104 Å². The molecule has 0 spiro atoms. The summed E-state index contributed by atoms with van der Waals surface area (Å²) < 4.78 is 28.0. The molecule has 2 N–H and O–H groups in total. The number of H-pyrrole nitrogens is 1. The van der Waals surface area contributed by atoms with E-state index in [1.807, 2.05) is 19.1 Å². The van der Waals surface area contributed by atoms with Gasteiger partial charge in [-0.05, 0) is 31.9 Å². The molecule has 0 aliphatic carbocycles. The zero-order valence-electron chi connectivity index (χ0n) is 14.5. The first-order valence-electron chi connectivity index (χ1n) is 8.57. The summed E-state index contributed by atoms with van der Waals surface area (Å²) in [6.45, 7) is 5.10. The van der Waals surface area contributed by atoms with Crippen LogP contribution in [0.1, 0.15) is 43.6 Å². The summed E-state index contributed by atoms with van der Waals surface area (Å²) in [6, 6.07) is 6.83. The smallest absolute Gasteiger partial charge is 0.243 e. The van der Waals surface area contributed by atoms with Crippen molar-refractivity contribution < 1.29 is 8.42 Å². The molecule has 0 radical (unpaired) electrons. The van der Waals surface area contributed by atoms with Crippen LogP contribution in [0.4, 0.5) is 0 Å². The normalized spacial score (nSPS) is 21.1. The second-order valence-electron chi connectivity index (χ2n) is 6.40. The monoisotopic (exact) mass is 364 g/mol. The molecule has 1 aliphatic rings. The minimum atomic E-state index is -3.54. The van der Waals surface area contributed by atoms with E-state index in [9.17, 15) is 8.42 Å². The maximum Gasteiger partial charge on any atom is 0.243 e. The van der Waals surface area contributed by atoms with Gasteiger partial charge < -0.3 is 5.32 Å². The van der Waals surface area contributed by atoms with E-state index < -0.39 is 10.0 Å². The van der Waals surface area contributed by atoms with E-state index in [0.29, 0.717) is 30.2 Å². The van der Waals surface area contributed by atoms with Crippen molar-refractivity contribution in [3.63, 3.8) is 0 Å². The molecule has 25 heavy (non-hydrogen) atoms. The average molecular weight is 364 g/mol. The maximum atomic E-state index is 13.2. The predicted molar refractivity (Wildman–Crippen MR) is 93.3 cm³/mol. The number of aryl methyl sites for hydroxylation is 1. The van der Waals surface area contributed by atoms with Gasteiger partial charge in [0.1, 0.15) is 0 Å². The van der Waals surface area contributed by atoms with Crippen molar-refractivity contribution in [1.29, 1.82) is 0 Å². The van der Waals surface area contributed by atoms with Gasteiger partial charge >= 0.3 is 0 Å². The fraction of sp³-hybridized carbons (Fsp3) is 0.562. The van der Waals surface area contributed by atoms with Crippen LogP contribution in [0.25, 0.3) is 0 Å². The van der Waals surface area contributed by atoms with Crippen molar-refractivity contribution >= 4 is 10.0 Å². The van der Waals surface area contributed by atoms with Crippen molar-refractivity contribution in [1.82, 2.24) is 30.2 Å². The zero-order chi connectivity index (χ0) is 17.9. The lowest BCUT2D eigenvalue weighted by atomic mass is 10.1. The van der Waals surface area contributed by atoms with Crippen LogP contribution in [0.2, 0.25) is 0 Å². The Hall–Kier alpha value is -1.84. The Bertz CT molecular complexity index is 775. The molecular formula is C16H24N6O2S. The van der Waals surface area contributed by atoms with Crippen molar-refractivity contribution in [3.8, 4) is 0 Å². The van der Waals surface area contributed by atoms with Crippen LogP contribution in [-0.2, 0) is 10.0 Å². The van der Waals surface area contributed by atoms with Gasteiger partial charge in [-0.3, -0.25) is 0 Å². The summed E-state index contributed by atoms with van der Waals surface area (Å²) >= 11 is 0. The van der Waals surface area contributed by atoms with Gasteiger partial charge in [0.25, 0.3) is 0 Å². The molecule has 1 aliphatic heterocycles. The lowest BCUT2D eigenvalue weighted by Crippen LogP contribution is -2.42. The average Bonchev–Trinajstić information content (AvgIpc) is 3.27. The minimum absolute atomic E-state index is 0.0823. The van der Waals surface area contributed by atoms with E-state index in [1.165, 1.54) is 0 Å². The fourth-order valence-electron chi connectivity index (χ4n) is 3.11. The molecule has 0 bridgehead atoms. The molecule has 0 saturated carbocycles. The first-order valence-corrected chi connectivity index (χ1v) is 10.0. The summed E-state index contributed by atoms with van der Waals surface area (Å²) in [5.41, 5.74) is 1.04. The number of benzene rings is 1. The maximum absolute atomic E-state index is 13.2. The van der Waals surface area contributed by atoms with Crippen molar-refractivity contribution in [2.75, 3.05) is 13.1 Å². The van der Waals surface area contributed by atoms with Crippen LogP contribution in [0.15, 0.2) is 29.2 Å². The van der Waals surface area contributed by atoms with E-state index in [0.717, 1.165) is 18.4 Å². The first-order chi connectivity index (χ1) is 12.0. The largest absolute Gasteiger partial charge is 0.306 e. The number of hydrogen-bond donors (Lipinski definition) is 2. The standard InChI is InChI=1S/C16H24N6O2S/c1-3-4-9-22(25(23,24)14-7-5-12(2)6-8-14)13-10-15(17-11-13)16-18-20-21-19-16/h5-8,13,15,17H,3-4,9-11H2,1-2H3,(H,18,19,20,21)/t13-,15+/m0/s1. The fourth-order valence-corrected chi connectivity index (χ4v) is 4.78. The molecule has 1 aromatic heterocycles. The van der Waals surface area contributed by atoms with Crippen LogP contribution in [0.5, 0.6) is 0 Å². The highest BCUT2D eigenvalue weighted by atomic mass is 32.2.